The molecule has 4 aliphatic heterocycles. The number of hydrogen-bond acceptors (Lipinski definition) is 9. The van der Waals surface area contributed by atoms with Crippen LogP contribution in [0.4, 0.5) is 10.5 Å². The van der Waals surface area contributed by atoms with Crippen LogP contribution < -0.4 is 14.4 Å². The molecule has 1 spiro atoms. The molecule has 2 unspecified atom stereocenters. The SMILES string of the molecule is CO[C@@]1(CN2CCN3C(=O)OC[C@@H]3C2)/C=C/C[C@H](C)C(C)S(=O)(=O)NC(=O)c2ccc3c(c2)N(CC2(C)CC[C@H]21)C[C@@]1(CCCc2cc(Cl)ccc21)CO3. The van der Waals surface area contributed by atoms with E-state index in [9.17, 15) is 18.0 Å². The van der Waals surface area contributed by atoms with Crippen molar-refractivity contribution >= 4 is 39.3 Å². The number of carbonyl (C=O) groups excluding carboxylic acids is 2. The van der Waals surface area contributed by atoms with Gasteiger partial charge in [-0.05, 0) is 104 Å². The molecule has 13 heteroatoms. The Hall–Kier alpha value is -3.32. The molecule has 8 rings (SSSR count). The largest absolute Gasteiger partial charge is 0.490 e. The van der Waals surface area contributed by atoms with Gasteiger partial charge in [-0.15, -0.1) is 0 Å². The molecule has 1 saturated carbocycles. The van der Waals surface area contributed by atoms with Crippen LogP contribution in [0.1, 0.15) is 74.4 Å². The number of anilines is 1. The summed E-state index contributed by atoms with van der Waals surface area (Å²) in [6, 6.07) is 11.5. The van der Waals surface area contributed by atoms with Gasteiger partial charge in [0, 0.05) is 62.4 Å². The minimum Gasteiger partial charge on any atom is -0.490 e. The number of allylic oxidation sites excluding steroid dienone is 1. The number of carbonyl (C=O) groups is 2. The number of fused-ring (bicyclic) bond motifs is 5. The number of benzene rings is 2. The van der Waals surface area contributed by atoms with Gasteiger partial charge in [0.2, 0.25) is 10.0 Å². The number of ether oxygens (including phenoxy) is 3. The Balaban J connectivity index is 1.21. The third-order valence-corrected chi connectivity index (χ3v) is 15.9. The fraction of sp³-hybridized carbons (Fsp3) is 0.610. The number of aryl methyl sites for hydroxylation is 1. The number of amides is 2. The van der Waals surface area contributed by atoms with E-state index < -0.39 is 26.8 Å². The zero-order valence-corrected chi connectivity index (χ0v) is 33.4. The molecular weight excluding hydrogens is 728 g/mol. The minimum absolute atomic E-state index is 0.0108. The van der Waals surface area contributed by atoms with Gasteiger partial charge >= 0.3 is 6.09 Å². The van der Waals surface area contributed by atoms with Gasteiger partial charge in [-0.1, -0.05) is 43.7 Å². The fourth-order valence-electron chi connectivity index (χ4n) is 10.3. The van der Waals surface area contributed by atoms with Crippen LogP contribution in [-0.4, -0.2) is 107 Å². The molecule has 292 valence electrons. The standard InChI is InChI=1S/C41H53ClN4O7S/c1-27-7-5-15-41(51-4,25-44-17-18-46-32(21-44)22-52-38(46)48)36-13-16-39(36,3)23-45-24-40(14-6-8-29-19-31(42)10-11-33(29)40)26-53-35-12-9-30(20-34(35)45)37(47)43-54(49,50)28(27)2/h5,9-12,15,19-20,27-28,32,36H,6-8,13-14,16-18,21-26H2,1-4H3,(H,43,47)/b15-5+/t27-,28?,32-,36+,39?,40-,41+/m0/s1. The third-order valence-electron chi connectivity index (χ3n) is 13.8. The van der Waals surface area contributed by atoms with Gasteiger partial charge in [0.1, 0.15) is 18.0 Å². The van der Waals surface area contributed by atoms with E-state index in [-0.39, 0.29) is 40.4 Å². The number of piperazine rings is 1. The second kappa shape index (κ2) is 14.0. The highest BCUT2D eigenvalue weighted by Crippen LogP contribution is 2.56. The molecule has 2 bridgehead atoms. The molecule has 2 saturated heterocycles. The minimum atomic E-state index is -4.00. The average molecular weight is 781 g/mol. The van der Waals surface area contributed by atoms with E-state index in [2.05, 4.69) is 45.7 Å². The van der Waals surface area contributed by atoms with Crippen LogP contribution >= 0.6 is 11.6 Å². The van der Waals surface area contributed by atoms with Gasteiger partial charge in [-0.3, -0.25) is 14.6 Å². The van der Waals surface area contributed by atoms with Crippen molar-refractivity contribution in [3.05, 3.63) is 70.3 Å². The Morgan fingerprint density at radius 2 is 1.89 bits per heavy atom. The Kier molecular flexibility index (Phi) is 9.75. The quantitative estimate of drug-likeness (QED) is 0.386. The second-order valence-electron chi connectivity index (χ2n) is 17.1. The van der Waals surface area contributed by atoms with Crippen molar-refractivity contribution in [3.8, 4) is 5.75 Å². The number of halogens is 1. The van der Waals surface area contributed by atoms with E-state index in [1.165, 1.54) is 11.1 Å². The molecular formula is C41H53ClN4O7S. The maximum atomic E-state index is 13.7. The van der Waals surface area contributed by atoms with Crippen molar-refractivity contribution in [2.45, 2.75) is 81.6 Å². The molecule has 6 aliphatic rings. The first-order valence-electron chi connectivity index (χ1n) is 19.5. The Morgan fingerprint density at radius 1 is 1.06 bits per heavy atom. The number of hydrogen-bond donors (Lipinski definition) is 1. The normalized spacial score (nSPS) is 35.7. The van der Waals surface area contributed by atoms with Gasteiger partial charge in [0.25, 0.3) is 5.91 Å². The van der Waals surface area contributed by atoms with Crippen LogP contribution in [0.5, 0.6) is 5.75 Å². The van der Waals surface area contributed by atoms with E-state index in [1.54, 1.807) is 20.1 Å². The summed E-state index contributed by atoms with van der Waals surface area (Å²) >= 11 is 6.51. The first-order valence-corrected chi connectivity index (χ1v) is 21.4. The lowest BCUT2D eigenvalue weighted by molar-refractivity contribution is -0.130. The lowest BCUT2D eigenvalue weighted by Gasteiger charge is -2.58. The van der Waals surface area contributed by atoms with Gasteiger partial charge in [0.05, 0.1) is 23.6 Å². The summed E-state index contributed by atoms with van der Waals surface area (Å²) in [5, 5.41) is -0.0940. The van der Waals surface area contributed by atoms with Crippen LogP contribution in [-0.2, 0) is 31.3 Å². The summed E-state index contributed by atoms with van der Waals surface area (Å²) in [6.45, 7) is 10.8. The molecule has 3 fully saturated rings. The zero-order valence-electron chi connectivity index (χ0n) is 31.8. The van der Waals surface area contributed by atoms with Crippen molar-refractivity contribution in [2.75, 3.05) is 64.5 Å². The Morgan fingerprint density at radius 3 is 2.67 bits per heavy atom. The number of nitrogens with zero attached hydrogens (tertiary/aromatic N) is 3. The number of rotatable bonds is 3. The van der Waals surface area contributed by atoms with Crippen LogP contribution in [0.15, 0.2) is 48.6 Å². The Bertz CT molecular complexity index is 1960. The third kappa shape index (κ3) is 6.58. The van der Waals surface area contributed by atoms with Gasteiger partial charge in [-0.2, -0.15) is 0 Å². The van der Waals surface area contributed by atoms with Crippen molar-refractivity contribution in [1.29, 1.82) is 0 Å². The van der Waals surface area contributed by atoms with E-state index in [0.29, 0.717) is 64.7 Å². The van der Waals surface area contributed by atoms with Gasteiger partial charge < -0.3 is 19.1 Å². The number of methoxy groups -OCH3 is 1. The monoisotopic (exact) mass is 780 g/mol. The molecule has 1 N–H and O–H groups in total. The summed E-state index contributed by atoms with van der Waals surface area (Å²) in [5.74, 6) is -0.106. The first-order chi connectivity index (χ1) is 25.7. The summed E-state index contributed by atoms with van der Waals surface area (Å²) in [7, 11) is -2.20. The number of nitrogens with one attached hydrogen (secondary N) is 1. The summed E-state index contributed by atoms with van der Waals surface area (Å²) in [4.78, 5) is 32.7. The molecule has 0 radical (unpaired) electrons. The number of cyclic esters (lactones) is 1. The van der Waals surface area contributed by atoms with Crippen LogP contribution in [0, 0.1) is 17.3 Å². The predicted molar refractivity (Wildman–Crippen MR) is 208 cm³/mol. The van der Waals surface area contributed by atoms with Gasteiger partial charge in [0.15, 0.2) is 0 Å². The topological polar surface area (TPSA) is 118 Å². The van der Waals surface area contributed by atoms with Crippen LogP contribution in [0.25, 0.3) is 0 Å². The lowest BCUT2D eigenvalue weighted by Crippen LogP contribution is -2.63. The molecule has 54 heavy (non-hydrogen) atoms. The fourth-order valence-corrected chi connectivity index (χ4v) is 11.8. The zero-order chi connectivity index (χ0) is 38.0. The molecule has 4 heterocycles. The summed E-state index contributed by atoms with van der Waals surface area (Å²) in [6.07, 6.45) is 9.40. The average Bonchev–Trinajstić information content (AvgIpc) is 3.43. The first kappa shape index (κ1) is 37.6. The molecule has 2 aromatic carbocycles. The smallest absolute Gasteiger partial charge is 0.410 e. The molecule has 2 amide bonds. The molecule has 0 aromatic heterocycles. The maximum absolute atomic E-state index is 13.7. The number of sulfonamides is 1. The van der Waals surface area contributed by atoms with Crippen molar-refractivity contribution in [2.24, 2.45) is 17.3 Å². The highest BCUT2D eigenvalue weighted by Gasteiger charge is 2.56. The van der Waals surface area contributed by atoms with Crippen LogP contribution in [0.2, 0.25) is 5.02 Å². The van der Waals surface area contributed by atoms with Crippen molar-refractivity contribution < 1.29 is 32.2 Å². The predicted octanol–water partition coefficient (Wildman–Crippen LogP) is 5.80. The van der Waals surface area contributed by atoms with E-state index in [4.69, 9.17) is 25.8 Å². The maximum Gasteiger partial charge on any atom is 0.410 e. The highest BCUT2D eigenvalue weighted by molar-refractivity contribution is 7.90. The van der Waals surface area contributed by atoms with Gasteiger partial charge in [-0.25, -0.2) is 17.9 Å². The molecule has 2 aromatic rings. The summed E-state index contributed by atoms with van der Waals surface area (Å²) in [5.41, 5.74) is 2.39. The highest BCUT2D eigenvalue weighted by atomic mass is 35.5. The van der Waals surface area contributed by atoms with Crippen LogP contribution in [0.3, 0.4) is 0 Å². The van der Waals surface area contributed by atoms with Crippen molar-refractivity contribution in [3.63, 3.8) is 0 Å². The lowest BCUT2D eigenvalue weighted by atomic mass is 9.54. The molecule has 2 aliphatic carbocycles. The van der Waals surface area contributed by atoms with E-state index in [1.807, 2.05) is 30.0 Å². The molecule has 7 atom stereocenters. The second-order valence-corrected chi connectivity index (χ2v) is 19.6. The Labute approximate surface area is 324 Å². The van der Waals surface area contributed by atoms with E-state index in [0.717, 1.165) is 42.8 Å². The summed E-state index contributed by atoms with van der Waals surface area (Å²) < 4.78 is 48.5. The molecule has 11 nitrogen and oxygen atoms in total. The van der Waals surface area contributed by atoms with Crippen molar-refractivity contribution in [1.82, 2.24) is 14.5 Å². The van der Waals surface area contributed by atoms with E-state index >= 15 is 0 Å².